The minimum absolute atomic E-state index is 0.0708. The average molecular weight is 234 g/mol. The van der Waals surface area contributed by atoms with Gasteiger partial charge in [-0.15, -0.1) is 0 Å². The van der Waals surface area contributed by atoms with Gasteiger partial charge in [-0.2, -0.15) is 0 Å². The molecule has 2 rings (SSSR count). The number of benzene rings is 1. The van der Waals surface area contributed by atoms with Gasteiger partial charge in [-0.1, -0.05) is 30.3 Å². The molecule has 1 saturated heterocycles. The van der Waals surface area contributed by atoms with Gasteiger partial charge in [-0.3, -0.25) is 4.79 Å². The summed E-state index contributed by atoms with van der Waals surface area (Å²) in [6, 6.07) is 9.41. The molecule has 1 fully saturated rings. The Morgan fingerprint density at radius 3 is 2.76 bits per heavy atom. The van der Waals surface area contributed by atoms with E-state index in [0.717, 1.165) is 31.5 Å². The molecule has 4 nitrogen and oxygen atoms in total. The van der Waals surface area contributed by atoms with E-state index in [0.29, 0.717) is 0 Å². The van der Waals surface area contributed by atoms with Gasteiger partial charge in [0.2, 0.25) is 0 Å². The maximum atomic E-state index is 11.5. The molecule has 0 saturated carbocycles. The summed E-state index contributed by atoms with van der Waals surface area (Å²) in [5.41, 5.74) is 6.23. The fourth-order valence-electron chi connectivity index (χ4n) is 2.07. The van der Waals surface area contributed by atoms with Gasteiger partial charge in [0.25, 0.3) is 5.91 Å². The number of hydrogen-bond acceptors (Lipinski definition) is 3. The summed E-state index contributed by atoms with van der Waals surface area (Å²) in [4.78, 5) is 11.5. The van der Waals surface area contributed by atoms with Gasteiger partial charge in [0.1, 0.15) is 0 Å². The molecule has 0 aromatic heterocycles. The molecule has 0 radical (unpaired) electrons. The number of amides is 1. The van der Waals surface area contributed by atoms with Gasteiger partial charge < -0.3 is 15.8 Å². The van der Waals surface area contributed by atoms with Gasteiger partial charge in [-0.25, -0.2) is 0 Å². The predicted octanol–water partition coefficient (Wildman–Crippen LogP) is 0.982. The standard InChI is InChI=1S/C13H18N2O2/c14-13(16)12(10-5-2-1-3-6-10)17-11-7-4-8-15-9-11/h1-3,5-6,11-12,15H,4,7-9H2,(H2,14,16). The Morgan fingerprint density at radius 2 is 2.18 bits per heavy atom. The van der Waals surface area contributed by atoms with Crippen molar-refractivity contribution in [1.82, 2.24) is 5.32 Å². The van der Waals surface area contributed by atoms with E-state index in [1.807, 2.05) is 30.3 Å². The third-order valence-corrected chi connectivity index (χ3v) is 2.94. The first kappa shape index (κ1) is 12.1. The minimum Gasteiger partial charge on any atom is -0.367 e. The smallest absolute Gasteiger partial charge is 0.251 e. The Balaban J connectivity index is 2.05. The number of carbonyl (C=O) groups is 1. The van der Waals surface area contributed by atoms with Gasteiger partial charge in [0, 0.05) is 6.54 Å². The number of ether oxygens (including phenoxy) is 1. The highest BCUT2D eigenvalue weighted by Gasteiger charge is 2.24. The van der Waals surface area contributed by atoms with Crippen molar-refractivity contribution in [3.63, 3.8) is 0 Å². The van der Waals surface area contributed by atoms with Crippen LogP contribution in [-0.4, -0.2) is 25.1 Å². The van der Waals surface area contributed by atoms with Crippen molar-refractivity contribution in [1.29, 1.82) is 0 Å². The first-order chi connectivity index (χ1) is 8.27. The van der Waals surface area contributed by atoms with Crippen molar-refractivity contribution in [2.24, 2.45) is 5.73 Å². The lowest BCUT2D eigenvalue weighted by atomic mass is 10.1. The van der Waals surface area contributed by atoms with E-state index >= 15 is 0 Å². The molecule has 1 aromatic rings. The predicted molar refractivity (Wildman–Crippen MR) is 65.4 cm³/mol. The molecular formula is C13H18N2O2. The second-order valence-corrected chi connectivity index (χ2v) is 4.30. The number of rotatable bonds is 4. The Morgan fingerprint density at radius 1 is 1.41 bits per heavy atom. The van der Waals surface area contributed by atoms with Crippen LogP contribution in [0.3, 0.4) is 0 Å². The van der Waals surface area contributed by atoms with E-state index in [1.165, 1.54) is 0 Å². The number of nitrogens with one attached hydrogen (secondary N) is 1. The highest BCUT2D eigenvalue weighted by Crippen LogP contribution is 2.21. The number of piperidine rings is 1. The largest absolute Gasteiger partial charge is 0.367 e. The van der Waals surface area contributed by atoms with Crippen LogP contribution in [0.1, 0.15) is 24.5 Å². The molecule has 0 aliphatic carbocycles. The minimum atomic E-state index is -0.638. The second-order valence-electron chi connectivity index (χ2n) is 4.30. The van der Waals surface area contributed by atoms with E-state index < -0.39 is 12.0 Å². The highest BCUT2D eigenvalue weighted by atomic mass is 16.5. The van der Waals surface area contributed by atoms with Crippen LogP contribution in [-0.2, 0) is 9.53 Å². The van der Waals surface area contributed by atoms with E-state index in [1.54, 1.807) is 0 Å². The summed E-state index contributed by atoms with van der Waals surface area (Å²) in [5.74, 6) is -0.429. The number of carbonyl (C=O) groups excluding carboxylic acids is 1. The molecule has 2 atom stereocenters. The molecule has 17 heavy (non-hydrogen) atoms. The zero-order valence-corrected chi connectivity index (χ0v) is 9.76. The zero-order chi connectivity index (χ0) is 12.1. The van der Waals surface area contributed by atoms with Crippen LogP contribution in [0.4, 0.5) is 0 Å². The van der Waals surface area contributed by atoms with Crippen molar-refractivity contribution in [2.45, 2.75) is 25.0 Å². The van der Waals surface area contributed by atoms with Gasteiger partial charge >= 0.3 is 0 Å². The molecule has 1 aliphatic rings. The van der Waals surface area contributed by atoms with Crippen LogP contribution in [0.5, 0.6) is 0 Å². The van der Waals surface area contributed by atoms with E-state index in [-0.39, 0.29) is 6.10 Å². The molecule has 0 bridgehead atoms. The van der Waals surface area contributed by atoms with Crippen LogP contribution < -0.4 is 11.1 Å². The number of nitrogens with two attached hydrogens (primary N) is 1. The van der Waals surface area contributed by atoms with Crippen molar-refractivity contribution in [3.8, 4) is 0 Å². The summed E-state index contributed by atoms with van der Waals surface area (Å²) in [6.07, 6.45) is 1.48. The van der Waals surface area contributed by atoms with E-state index in [4.69, 9.17) is 10.5 Å². The molecule has 0 spiro atoms. The SMILES string of the molecule is NC(=O)C(OC1CCCNC1)c1ccccc1. The summed E-state index contributed by atoms with van der Waals surface area (Å²) in [7, 11) is 0. The van der Waals surface area contributed by atoms with Gasteiger partial charge in [-0.05, 0) is 24.9 Å². The molecule has 4 heteroatoms. The maximum Gasteiger partial charge on any atom is 0.251 e. The van der Waals surface area contributed by atoms with Crippen molar-refractivity contribution in [3.05, 3.63) is 35.9 Å². The normalized spacial score (nSPS) is 22.0. The monoisotopic (exact) mass is 234 g/mol. The quantitative estimate of drug-likeness (QED) is 0.816. The maximum absolute atomic E-state index is 11.5. The van der Waals surface area contributed by atoms with Crippen LogP contribution in [0, 0.1) is 0 Å². The highest BCUT2D eigenvalue weighted by molar-refractivity contribution is 5.80. The fraction of sp³-hybridized carbons (Fsp3) is 0.462. The molecule has 1 amide bonds. The number of hydrogen-bond donors (Lipinski definition) is 2. The Bertz CT molecular complexity index is 361. The molecule has 1 aliphatic heterocycles. The topological polar surface area (TPSA) is 64.4 Å². The van der Waals surface area contributed by atoms with Crippen LogP contribution >= 0.6 is 0 Å². The summed E-state index contributed by atoms with van der Waals surface area (Å²) >= 11 is 0. The third-order valence-electron chi connectivity index (χ3n) is 2.94. The lowest BCUT2D eigenvalue weighted by molar-refractivity contribution is -0.134. The zero-order valence-electron chi connectivity index (χ0n) is 9.76. The molecular weight excluding hydrogens is 216 g/mol. The lowest BCUT2D eigenvalue weighted by Crippen LogP contribution is -2.38. The third kappa shape index (κ3) is 3.28. The first-order valence-electron chi connectivity index (χ1n) is 5.98. The Hall–Kier alpha value is -1.39. The van der Waals surface area contributed by atoms with Crippen LogP contribution in [0.25, 0.3) is 0 Å². The van der Waals surface area contributed by atoms with Gasteiger partial charge in [0.05, 0.1) is 6.10 Å². The van der Waals surface area contributed by atoms with Crippen molar-refractivity contribution < 1.29 is 9.53 Å². The van der Waals surface area contributed by atoms with E-state index in [9.17, 15) is 4.79 Å². The van der Waals surface area contributed by atoms with Crippen LogP contribution in [0.2, 0.25) is 0 Å². The molecule has 1 aromatic carbocycles. The Labute approximate surface area is 101 Å². The Kier molecular flexibility index (Phi) is 4.12. The van der Waals surface area contributed by atoms with E-state index in [2.05, 4.69) is 5.32 Å². The van der Waals surface area contributed by atoms with Crippen LogP contribution in [0.15, 0.2) is 30.3 Å². The number of primary amides is 1. The average Bonchev–Trinajstić information content (AvgIpc) is 2.38. The second kappa shape index (κ2) is 5.80. The van der Waals surface area contributed by atoms with Crippen molar-refractivity contribution >= 4 is 5.91 Å². The molecule has 2 unspecified atom stereocenters. The summed E-state index contributed by atoms with van der Waals surface area (Å²) < 4.78 is 5.80. The summed E-state index contributed by atoms with van der Waals surface area (Å²) in [5, 5.41) is 3.25. The first-order valence-corrected chi connectivity index (χ1v) is 5.98. The summed E-state index contributed by atoms with van der Waals surface area (Å²) in [6.45, 7) is 1.81. The van der Waals surface area contributed by atoms with Crippen molar-refractivity contribution in [2.75, 3.05) is 13.1 Å². The molecule has 1 heterocycles. The molecule has 3 N–H and O–H groups in total. The lowest BCUT2D eigenvalue weighted by Gasteiger charge is -2.26. The fourth-order valence-corrected chi connectivity index (χ4v) is 2.07. The van der Waals surface area contributed by atoms with Gasteiger partial charge in [0.15, 0.2) is 6.10 Å². The molecule has 92 valence electrons.